The Bertz CT molecular complexity index is 687. The molecule has 1 saturated heterocycles. The number of aromatic nitrogens is 1. The molecule has 1 aromatic heterocycles. The van der Waals surface area contributed by atoms with Gasteiger partial charge in [0.05, 0.1) is 18.3 Å². The van der Waals surface area contributed by atoms with Crippen LogP contribution in [-0.4, -0.2) is 48.0 Å². The first kappa shape index (κ1) is 17.3. The van der Waals surface area contributed by atoms with Crippen molar-refractivity contribution in [3.8, 4) is 0 Å². The van der Waals surface area contributed by atoms with Crippen LogP contribution in [0.3, 0.4) is 0 Å². The van der Waals surface area contributed by atoms with Crippen molar-refractivity contribution in [2.24, 2.45) is 0 Å². The topological polar surface area (TPSA) is 57.3 Å². The minimum Gasteiger partial charge on any atom is -0.349 e. The van der Waals surface area contributed by atoms with Crippen LogP contribution in [0.2, 0.25) is 0 Å². The number of piperazine rings is 1. The summed E-state index contributed by atoms with van der Waals surface area (Å²) in [6.07, 6.45) is 6.02. The third-order valence-electron chi connectivity index (χ3n) is 4.22. The van der Waals surface area contributed by atoms with Crippen LogP contribution in [0.25, 0.3) is 6.08 Å². The Hall–Kier alpha value is -2.50. The molecule has 2 N–H and O–H groups in total. The number of carbonyl (C=O) groups excluding carboxylic acids is 1. The van der Waals surface area contributed by atoms with Crippen molar-refractivity contribution < 1.29 is 4.79 Å². The van der Waals surface area contributed by atoms with Crippen molar-refractivity contribution in [1.82, 2.24) is 20.5 Å². The molecular formula is C20H24N4O. The number of amides is 1. The first-order chi connectivity index (χ1) is 12.3. The maximum atomic E-state index is 12.4. The van der Waals surface area contributed by atoms with E-state index < -0.39 is 0 Å². The smallest absolute Gasteiger partial charge is 0.238 e. The molecule has 1 atom stereocenters. The molecule has 1 aliphatic rings. The van der Waals surface area contributed by atoms with Crippen LogP contribution in [0.5, 0.6) is 0 Å². The predicted octanol–water partition coefficient (Wildman–Crippen LogP) is 1.68. The average Bonchev–Trinajstić information content (AvgIpc) is 2.68. The summed E-state index contributed by atoms with van der Waals surface area (Å²) in [5.41, 5.74) is 2.07. The summed E-state index contributed by atoms with van der Waals surface area (Å²) in [5.74, 6) is 0.0300. The van der Waals surface area contributed by atoms with Gasteiger partial charge >= 0.3 is 0 Å². The zero-order valence-electron chi connectivity index (χ0n) is 14.3. The summed E-state index contributed by atoms with van der Waals surface area (Å²) < 4.78 is 0. The lowest BCUT2D eigenvalue weighted by atomic mass is 10.1. The number of nitrogens with one attached hydrogen (secondary N) is 2. The number of hydrogen-bond donors (Lipinski definition) is 2. The third-order valence-corrected chi connectivity index (χ3v) is 4.22. The first-order valence-electron chi connectivity index (χ1n) is 8.66. The van der Waals surface area contributed by atoms with Crippen molar-refractivity contribution >= 4 is 12.0 Å². The van der Waals surface area contributed by atoms with Crippen LogP contribution >= 0.6 is 0 Å². The molecule has 1 unspecified atom stereocenters. The van der Waals surface area contributed by atoms with Gasteiger partial charge in [0.2, 0.25) is 5.91 Å². The standard InChI is InChI=1S/C20H24N4O/c25-20(23-15-18-10-4-5-11-21-18)19-16-24(14-12-22-19)13-6-9-17-7-2-1-3-8-17/h1-11,19,22H,12-16H2,(H,23,25)/b9-6+. The highest BCUT2D eigenvalue weighted by molar-refractivity contribution is 5.82. The van der Waals surface area contributed by atoms with E-state index in [0.717, 1.165) is 25.3 Å². The molecule has 2 aromatic rings. The van der Waals surface area contributed by atoms with Crippen molar-refractivity contribution in [2.45, 2.75) is 12.6 Å². The van der Waals surface area contributed by atoms with Crippen LogP contribution in [0, 0.1) is 0 Å². The molecule has 0 saturated carbocycles. The fourth-order valence-corrected chi connectivity index (χ4v) is 2.86. The molecule has 0 spiro atoms. The predicted molar refractivity (Wildman–Crippen MR) is 99.8 cm³/mol. The minimum absolute atomic E-state index is 0.0300. The van der Waals surface area contributed by atoms with Crippen molar-refractivity contribution in [3.63, 3.8) is 0 Å². The second-order valence-corrected chi connectivity index (χ2v) is 6.12. The molecule has 5 nitrogen and oxygen atoms in total. The van der Waals surface area contributed by atoms with E-state index in [-0.39, 0.29) is 11.9 Å². The summed E-state index contributed by atoms with van der Waals surface area (Å²) >= 11 is 0. The van der Waals surface area contributed by atoms with Crippen LogP contribution in [0.4, 0.5) is 0 Å². The number of benzene rings is 1. The van der Waals surface area contributed by atoms with Crippen LogP contribution in [0.15, 0.2) is 60.8 Å². The Morgan fingerprint density at radius 3 is 2.88 bits per heavy atom. The van der Waals surface area contributed by atoms with Gasteiger partial charge in [0.15, 0.2) is 0 Å². The summed E-state index contributed by atoms with van der Waals surface area (Å²) in [6.45, 7) is 3.80. The number of hydrogen-bond acceptors (Lipinski definition) is 4. The molecule has 5 heteroatoms. The molecule has 1 fully saturated rings. The van der Waals surface area contributed by atoms with Gasteiger partial charge < -0.3 is 10.6 Å². The molecule has 1 aromatic carbocycles. The summed E-state index contributed by atoms with van der Waals surface area (Å²) in [4.78, 5) is 18.9. The van der Waals surface area contributed by atoms with Gasteiger partial charge in [0.1, 0.15) is 0 Å². The molecule has 1 amide bonds. The van der Waals surface area contributed by atoms with Crippen molar-refractivity contribution in [3.05, 3.63) is 72.1 Å². The Labute approximate surface area is 148 Å². The molecule has 0 radical (unpaired) electrons. The minimum atomic E-state index is -0.178. The molecule has 0 aliphatic carbocycles. The lowest BCUT2D eigenvalue weighted by Gasteiger charge is -2.32. The number of nitrogens with zero attached hydrogens (tertiary/aromatic N) is 2. The fraction of sp³-hybridized carbons (Fsp3) is 0.300. The number of rotatable bonds is 6. The molecular weight excluding hydrogens is 312 g/mol. The third kappa shape index (κ3) is 5.52. The summed E-state index contributed by atoms with van der Waals surface area (Å²) in [7, 11) is 0. The summed E-state index contributed by atoms with van der Waals surface area (Å²) in [6, 6.07) is 15.8. The van der Waals surface area contributed by atoms with Crippen molar-refractivity contribution in [1.29, 1.82) is 0 Å². The molecule has 0 bridgehead atoms. The van der Waals surface area contributed by atoms with E-state index in [0.29, 0.717) is 13.1 Å². The highest BCUT2D eigenvalue weighted by atomic mass is 16.2. The molecule has 25 heavy (non-hydrogen) atoms. The zero-order chi connectivity index (χ0) is 17.3. The van der Waals surface area contributed by atoms with E-state index in [1.54, 1.807) is 6.20 Å². The van der Waals surface area contributed by atoms with Gasteiger partial charge in [-0.2, -0.15) is 0 Å². The van der Waals surface area contributed by atoms with E-state index in [1.807, 2.05) is 36.4 Å². The summed E-state index contributed by atoms with van der Waals surface area (Å²) in [5, 5.41) is 6.26. The molecule has 130 valence electrons. The molecule has 1 aliphatic heterocycles. The van der Waals surface area contributed by atoms with E-state index in [1.165, 1.54) is 5.56 Å². The zero-order valence-corrected chi connectivity index (χ0v) is 14.3. The quantitative estimate of drug-likeness (QED) is 0.843. The van der Waals surface area contributed by atoms with Gasteiger partial charge in [-0.25, -0.2) is 0 Å². The average molecular weight is 336 g/mol. The Morgan fingerprint density at radius 2 is 2.08 bits per heavy atom. The second-order valence-electron chi connectivity index (χ2n) is 6.12. The first-order valence-corrected chi connectivity index (χ1v) is 8.66. The maximum Gasteiger partial charge on any atom is 0.238 e. The van der Waals surface area contributed by atoms with Crippen LogP contribution in [-0.2, 0) is 11.3 Å². The van der Waals surface area contributed by atoms with Crippen LogP contribution in [0.1, 0.15) is 11.3 Å². The number of pyridine rings is 1. The van der Waals surface area contributed by atoms with Gasteiger partial charge in [-0.15, -0.1) is 0 Å². The lowest BCUT2D eigenvalue weighted by molar-refractivity contribution is -0.124. The van der Waals surface area contributed by atoms with Gasteiger partial charge in [0, 0.05) is 32.4 Å². The monoisotopic (exact) mass is 336 g/mol. The Kier molecular flexibility index (Phi) is 6.31. The van der Waals surface area contributed by atoms with Crippen molar-refractivity contribution in [2.75, 3.05) is 26.2 Å². The Balaban J connectivity index is 1.45. The van der Waals surface area contributed by atoms with E-state index >= 15 is 0 Å². The second kappa shape index (κ2) is 9.11. The lowest BCUT2D eigenvalue weighted by Crippen LogP contribution is -2.56. The van der Waals surface area contributed by atoms with E-state index in [9.17, 15) is 4.79 Å². The van der Waals surface area contributed by atoms with Gasteiger partial charge in [-0.1, -0.05) is 48.6 Å². The SMILES string of the molecule is O=C(NCc1ccccn1)C1CN(C/C=C/c2ccccc2)CCN1. The molecule has 2 heterocycles. The van der Waals surface area contributed by atoms with E-state index in [4.69, 9.17) is 0 Å². The molecule has 3 rings (SSSR count). The Morgan fingerprint density at radius 1 is 1.24 bits per heavy atom. The number of carbonyl (C=O) groups is 1. The largest absolute Gasteiger partial charge is 0.349 e. The van der Waals surface area contributed by atoms with Crippen LogP contribution < -0.4 is 10.6 Å². The maximum absolute atomic E-state index is 12.4. The van der Waals surface area contributed by atoms with E-state index in [2.05, 4.69) is 44.8 Å². The van der Waals surface area contributed by atoms with Gasteiger partial charge in [-0.3, -0.25) is 14.7 Å². The highest BCUT2D eigenvalue weighted by Crippen LogP contribution is 2.04. The van der Waals surface area contributed by atoms with Gasteiger partial charge in [-0.05, 0) is 17.7 Å². The highest BCUT2D eigenvalue weighted by Gasteiger charge is 2.24. The normalized spacial score (nSPS) is 18.3. The van der Waals surface area contributed by atoms with Gasteiger partial charge in [0.25, 0.3) is 0 Å². The fourth-order valence-electron chi connectivity index (χ4n) is 2.86.